The minimum Gasteiger partial charge on any atom is -0.494 e. The molecule has 0 fully saturated rings. The molecule has 2 atom stereocenters. The first kappa shape index (κ1) is 30.1. The van der Waals surface area contributed by atoms with Gasteiger partial charge in [-0.2, -0.15) is 0 Å². The van der Waals surface area contributed by atoms with Crippen LogP contribution in [0.15, 0.2) is 59.8 Å². The molecule has 2 heterocycles. The van der Waals surface area contributed by atoms with Gasteiger partial charge in [0.1, 0.15) is 5.75 Å². The summed E-state index contributed by atoms with van der Waals surface area (Å²) in [6.07, 6.45) is 2.50. The predicted octanol–water partition coefficient (Wildman–Crippen LogP) is 2.76. The number of aryl methyl sites for hydroxylation is 1. The molecule has 3 aromatic rings. The second-order valence-corrected chi connectivity index (χ2v) is 11.8. The molecule has 1 aromatic heterocycles. The molecule has 0 aliphatic carbocycles. The quantitative estimate of drug-likeness (QED) is 0.212. The monoisotopic (exact) mass is 589 g/mol. The molecule has 2 N–H and O–H groups in total. The maximum absolute atomic E-state index is 13.4. The van der Waals surface area contributed by atoms with Gasteiger partial charge >= 0.3 is 6.09 Å². The third kappa shape index (κ3) is 8.31. The molecular formula is C27H35N5O8S. The highest BCUT2D eigenvalue weighted by Gasteiger charge is 2.32. The maximum atomic E-state index is 13.4. The Labute approximate surface area is 239 Å². The number of rotatable bonds is 14. The van der Waals surface area contributed by atoms with Crippen molar-refractivity contribution in [3.8, 4) is 17.2 Å². The van der Waals surface area contributed by atoms with Gasteiger partial charge in [-0.15, -0.1) is 5.10 Å². The molecular weight excluding hydrogens is 554 g/mol. The summed E-state index contributed by atoms with van der Waals surface area (Å²) in [7, 11) is -4.22. The van der Waals surface area contributed by atoms with E-state index in [1.54, 1.807) is 30.9 Å². The summed E-state index contributed by atoms with van der Waals surface area (Å²) in [4.78, 5) is 18.1. The lowest BCUT2D eigenvalue weighted by atomic mass is 10.0. The molecule has 222 valence electrons. The predicted molar refractivity (Wildman–Crippen MR) is 147 cm³/mol. The number of hydroxylamine groups is 1. The van der Waals surface area contributed by atoms with Crippen molar-refractivity contribution in [3.05, 3.63) is 60.4 Å². The summed E-state index contributed by atoms with van der Waals surface area (Å²) in [5.74, 6) is 1.26. The van der Waals surface area contributed by atoms with Gasteiger partial charge in [-0.3, -0.25) is 4.68 Å². The van der Waals surface area contributed by atoms with Crippen LogP contribution in [-0.2, 0) is 27.8 Å². The Morgan fingerprint density at radius 2 is 1.90 bits per heavy atom. The molecule has 0 radical (unpaired) electrons. The Balaban J connectivity index is 1.34. The number of aliphatic hydroxyl groups excluding tert-OH is 1. The van der Waals surface area contributed by atoms with E-state index in [1.165, 1.54) is 25.1 Å². The van der Waals surface area contributed by atoms with Crippen molar-refractivity contribution < 1.29 is 37.4 Å². The van der Waals surface area contributed by atoms with Crippen molar-refractivity contribution in [3.63, 3.8) is 0 Å². The lowest BCUT2D eigenvalue weighted by Crippen LogP contribution is -2.47. The van der Waals surface area contributed by atoms with Crippen molar-refractivity contribution in [2.24, 2.45) is 5.92 Å². The highest BCUT2D eigenvalue weighted by atomic mass is 32.2. The number of nitrogens with zero attached hydrogens (tertiary/aromatic N) is 4. The molecule has 2 unspecified atom stereocenters. The first-order chi connectivity index (χ1) is 19.6. The summed E-state index contributed by atoms with van der Waals surface area (Å²) in [6, 6.07) is 10.7. The Kier molecular flexibility index (Phi) is 10.0. The van der Waals surface area contributed by atoms with Crippen LogP contribution in [0.1, 0.15) is 32.8 Å². The van der Waals surface area contributed by atoms with Gasteiger partial charge in [0.15, 0.2) is 11.5 Å². The van der Waals surface area contributed by atoms with E-state index >= 15 is 0 Å². The molecule has 41 heavy (non-hydrogen) atoms. The highest BCUT2D eigenvalue weighted by Crippen LogP contribution is 2.34. The number of aromatic nitrogens is 3. The lowest BCUT2D eigenvalue weighted by Gasteiger charge is -2.25. The molecule has 4 rings (SSSR count). The normalized spacial score (nSPS) is 14.2. The Hall–Kier alpha value is -3.88. The van der Waals surface area contributed by atoms with Crippen LogP contribution in [0, 0.1) is 5.92 Å². The number of amides is 1. The van der Waals surface area contributed by atoms with Crippen LogP contribution in [0.4, 0.5) is 4.79 Å². The maximum Gasteiger partial charge on any atom is 0.427 e. The number of benzene rings is 2. The number of aliphatic hydroxyl groups is 1. The van der Waals surface area contributed by atoms with E-state index in [0.29, 0.717) is 29.1 Å². The lowest BCUT2D eigenvalue weighted by molar-refractivity contribution is -0.0323. The molecule has 1 amide bonds. The fourth-order valence-electron chi connectivity index (χ4n) is 3.99. The van der Waals surface area contributed by atoms with Gasteiger partial charge < -0.3 is 29.5 Å². The van der Waals surface area contributed by atoms with Gasteiger partial charge in [-0.25, -0.2) is 13.2 Å². The Morgan fingerprint density at radius 1 is 1.15 bits per heavy atom. The van der Waals surface area contributed by atoms with Crippen LogP contribution in [0.25, 0.3) is 0 Å². The fourth-order valence-corrected chi connectivity index (χ4v) is 5.39. The second kappa shape index (κ2) is 13.7. The van der Waals surface area contributed by atoms with Gasteiger partial charge in [-0.1, -0.05) is 31.2 Å². The molecule has 13 nitrogen and oxygen atoms in total. The van der Waals surface area contributed by atoms with E-state index < -0.39 is 28.3 Å². The highest BCUT2D eigenvalue weighted by molar-refractivity contribution is 7.89. The molecule has 0 spiro atoms. The van der Waals surface area contributed by atoms with Crippen LogP contribution >= 0.6 is 0 Å². The van der Waals surface area contributed by atoms with Gasteiger partial charge in [0.05, 0.1) is 36.4 Å². The van der Waals surface area contributed by atoms with E-state index in [9.17, 15) is 18.3 Å². The van der Waals surface area contributed by atoms with Crippen molar-refractivity contribution in [1.82, 2.24) is 24.8 Å². The van der Waals surface area contributed by atoms with Gasteiger partial charge in [0.2, 0.25) is 6.79 Å². The molecule has 2 aromatic carbocycles. The Bertz CT molecular complexity index is 1380. The number of ether oxygens (including phenoxy) is 3. The summed E-state index contributed by atoms with van der Waals surface area (Å²) < 4.78 is 45.4. The summed E-state index contributed by atoms with van der Waals surface area (Å²) in [6.45, 7) is 6.25. The zero-order chi connectivity index (χ0) is 29.4. The van der Waals surface area contributed by atoms with Gasteiger partial charge in [0, 0.05) is 25.2 Å². The minimum absolute atomic E-state index is 0.00515. The van der Waals surface area contributed by atoms with Crippen LogP contribution in [0.2, 0.25) is 0 Å². The summed E-state index contributed by atoms with van der Waals surface area (Å²) in [5.41, 5.74) is 0.832. The van der Waals surface area contributed by atoms with Crippen molar-refractivity contribution >= 4 is 16.1 Å². The molecule has 1 aliphatic heterocycles. The number of sulfonamides is 1. The summed E-state index contributed by atoms with van der Waals surface area (Å²) >= 11 is 0. The average Bonchev–Trinajstić information content (AvgIpc) is 3.62. The van der Waals surface area contributed by atoms with E-state index in [1.807, 2.05) is 24.3 Å². The van der Waals surface area contributed by atoms with E-state index in [2.05, 4.69) is 15.6 Å². The van der Waals surface area contributed by atoms with Crippen molar-refractivity contribution in [1.29, 1.82) is 0 Å². The van der Waals surface area contributed by atoms with Gasteiger partial charge in [-0.05, 0) is 53.6 Å². The van der Waals surface area contributed by atoms with E-state index in [-0.39, 0.29) is 36.3 Å². The van der Waals surface area contributed by atoms with Gasteiger partial charge in [0.25, 0.3) is 10.0 Å². The zero-order valence-electron chi connectivity index (χ0n) is 23.2. The SMILES string of the molecule is CC(C)CN(OC(=O)NC(Cc1ccc(OCCCn2ccnn2)cc1)C(C)O)S(=O)(=O)c1ccc2c(c1)OCO2. The molecule has 0 saturated carbocycles. The smallest absolute Gasteiger partial charge is 0.427 e. The summed E-state index contributed by atoms with van der Waals surface area (Å²) in [5, 5.41) is 20.6. The second-order valence-electron chi connectivity index (χ2n) is 9.99. The largest absolute Gasteiger partial charge is 0.494 e. The minimum atomic E-state index is -4.22. The number of carbonyl (C=O) groups excluding carboxylic acids is 1. The van der Waals surface area contributed by atoms with Crippen LogP contribution in [0.3, 0.4) is 0 Å². The standard InChI is InChI=1S/C27H35N5O8S/c1-19(2)17-32(41(35,36)23-9-10-25-26(16-23)39-18-38-25)40-27(34)29-24(20(3)33)15-21-5-7-22(8-6-21)37-14-4-12-31-13-11-28-30-31/h5-11,13,16,19-20,24,33H,4,12,14-15,17-18H2,1-3H3,(H,29,34). The molecule has 0 bridgehead atoms. The number of hydrogen-bond donors (Lipinski definition) is 2. The molecule has 0 saturated heterocycles. The average molecular weight is 590 g/mol. The topological polar surface area (TPSA) is 154 Å². The number of fused-ring (bicyclic) bond motifs is 1. The molecule has 1 aliphatic rings. The van der Waals surface area contributed by atoms with E-state index in [0.717, 1.165) is 12.0 Å². The van der Waals surface area contributed by atoms with Crippen LogP contribution in [0.5, 0.6) is 17.2 Å². The van der Waals surface area contributed by atoms with Crippen LogP contribution in [-0.4, -0.2) is 71.2 Å². The third-order valence-corrected chi connectivity index (χ3v) is 7.76. The van der Waals surface area contributed by atoms with Crippen LogP contribution < -0.4 is 19.5 Å². The van der Waals surface area contributed by atoms with Crippen molar-refractivity contribution in [2.45, 2.75) is 57.2 Å². The first-order valence-electron chi connectivity index (χ1n) is 13.3. The van der Waals surface area contributed by atoms with E-state index in [4.69, 9.17) is 19.0 Å². The number of hydrogen-bond acceptors (Lipinski definition) is 10. The number of carbonyl (C=O) groups is 1. The fraction of sp³-hybridized carbons (Fsp3) is 0.444. The Morgan fingerprint density at radius 3 is 2.59 bits per heavy atom. The number of nitrogens with one attached hydrogen (secondary N) is 1. The van der Waals surface area contributed by atoms with Crippen molar-refractivity contribution in [2.75, 3.05) is 19.9 Å². The first-order valence-corrected chi connectivity index (χ1v) is 14.7. The molecule has 14 heteroatoms. The zero-order valence-corrected chi connectivity index (χ0v) is 24.0. The third-order valence-electron chi connectivity index (χ3n) is 6.15.